The molecule has 0 aromatic rings. The molecule has 0 saturated carbocycles. The van der Waals surface area contributed by atoms with E-state index in [1.54, 1.807) is 0 Å². The van der Waals surface area contributed by atoms with Gasteiger partial charge in [0.25, 0.3) is 0 Å². The van der Waals surface area contributed by atoms with Crippen LogP contribution in [0.5, 0.6) is 0 Å². The van der Waals surface area contributed by atoms with Crippen LogP contribution in [-0.4, -0.2) is 50.1 Å². The predicted octanol–water partition coefficient (Wildman–Crippen LogP) is 1.42. The Hall–Kier alpha value is -0.590. The van der Waals surface area contributed by atoms with Crippen LogP contribution in [0.2, 0.25) is 0 Å². The Morgan fingerprint density at radius 3 is 2.67 bits per heavy atom. The largest absolute Gasteiger partial charge is 0.308 e. The first-order chi connectivity index (χ1) is 6.95. The van der Waals surface area contributed by atoms with Crippen LogP contribution in [0.25, 0.3) is 0 Å². The van der Waals surface area contributed by atoms with Crippen molar-refractivity contribution in [2.45, 2.75) is 20.3 Å². The van der Waals surface area contributed by atoms with E-state index < -0.39 is 0 Å². The molecule has 3 heteroatoms. The second-order valence-electron chi connectivity index (χ2n) is 5.52. The molecule has 0 aromatic carbocycles. The number of likely N-dealkylation sites (tertiary alicyclic amines) is 1. The number of piperidine rings is 1. The fraction of sp³-hybridized carbons (Fsp3) is 0.917. The highest BCUT2D eigenvalue weighted by Crippen LogP contribution is 2.34. The molecule has 1 saturated heterocycles. The van der Waals surface area contributed by atoms with Crippen molar-refractivity contribution in [1.29, 1.82) is 5.26 Å². The maximum absolute atomic E-state index is 9.13. The normalized spacial score (nSPS) is 26.5. The summed E-state index contributed by atoms with van der Waals surface area (Å²) in [6, 6.07) is 2.46. The van der Waals surface area contributed by atoms with E-state index in [2.05, 4.69) is 43.8 Å². The summed E-state index contributed by atoms with van der Waals surface area (Å²) < 4.78 is 0. The Morgan fingerprint density at radius 2 is 2.13 bits per heavy atom. The van der Waals surface area contributed by atoms with Crippen LogP contribution >= 0.6 is 0 Å². The Balaban J connectivity index is 2.44. The second kappa shape index (κ2) is 4.96. The third-order valence-corrected chi connectivity index (χ3v) is 3.48. The summed E-state index contributed by atoms with van der Waals surface area (Å²) in [5.74, 6) is 0.188. The van der Waals surface area contributed by atoms with Crippen LogP contribution in [0.4, 0.5) is 0 Å². The summed E-state index contributed by atoms with van der Waals surface area (Å²) in [5.41, 5.74) is 0.198. The summed E-state index contributed by atoms with van der Waals surface area (Å²) in [5, 5.41) is 9.13. The number of likely N-dealkylation sites (N-methyl/N-ethyl adjacent to an activating group) is 1. The fourth-order valence-electron chi connectivity index (χ4n) is 1.98. The summed E-state index contributed by atoms with van der Waals surface area (Å²) in [6.07, 6.45) is 1.14. The van der Waals surface area contributed by atoms with Gasteiger partial charge in [-0.05, 0) is 32.5 Å². The van der Waals surface area contributed by atoms with Gasteiger partial charge < -0.3 is 9.80 Å². The Kier molecular flexibility index (Phi) is 4.12. The van der Waals surface area contributed by atoms with E-state index in [-0.39, 0.29) is 11.3 Å². The molecule has 0 N–H and O–H groups in total. The first-order valence-corrected chi connectivity index (χ1v) is 5.72. The van der Waals surface area contributed by atoms with Crippen molar-refractivity contribution in [3.05, 3.63) is 0 Å². The number of hydrogen-bond acceptors (Lipinski definition) is 3. The van der Waals surface area contributed by atoms with Gasteiger partial charge in [0.05, 0.1) is 12.0 Å². The summed E-state index contributed by atoms with van der Waals surface area (Å²) >= 11 is 0. The van der Waals surface area contributed by atoms with Crippen LogP contribution in [-0.2, 0) is 0 Å². The first kappa shape index (κ1) is 12.5. The SMILES string of the molecule is CN(C)CCN1CCC(C)(C)C(C#N)C1. The molecule has 3 nitrogen and oxygen atoms in total. The molecule has 0 bridgehead atoms. The van der Waals surface area contributed by atoms with Crippen molar-refractivity contribution in [1.82, 2.24) is 9.80 Å². The third kappa shape index (κ3) is 3.48. The average Bonchev–Trinajstić information content (AvgIpc) is 2.15. The topological polar surface area (TPSA) is 30.3 Å². The van der Waals surface area contributed by atoms with Crippen LogP contribution in [0.3, 0.4) is 0 Å². The highest BCUT2D eigenvalue weighted by Gasteiger charge is 2.35. The molecule has 0 radical (unpaired) electrons. The number of nitrogens with zero attached hydrogens (tertiary/aromatic N) is 3. The van der Waals surface area contributed by atoms with Crippen LogP contribution in [0.1, 0.15) is 20.3 Å². The minimum absolute atomic E-state index is 0.188. The molecule has 0 aliphatic carbocycles. The number of hydrogen-bond donors (Lipinski definition) is 0. The Morgan fingerprint density at radius 1 is 1.47 bits per heavy atom. The molecule has 0 spiro atoms. The smallest absolute Gasteiger partial charge is 0.0674 e. The third-order valence-electron chi connectivity index (χ3n) is 3.48. The molecule has 1 aliphatic heterocycles. The van der Waals surface area contributed by atoms with Gasteiger partial charge in [0.1, 0.15) is 0 Å². The molecular formula is C12H23N3. The van der Waals surface area contributed by atoms with Gasteiger partial charge in [0.2, 0.25) is 0 Å². The van der Waals surface area contributed by atoms with Crippen molar-refractivity contribution in [2.24, 2.45) is 11.3 Å². The van der Waals surface area contributed by atoms with Crippen molar-refractivity contribution in [2.75, 3.05) is 40.3 Å². The van der Waals surface area contributed by atoms with Crippen LogP contribution in [0.15, 0.2) is 0 Å². The van der Waals surface area contributed by atoms with Crippen molar-refractivity contribution < 1.29 is 0 Å². The van der Waals surface area contributed by atoms with Crippen molar-refractivity contribution in [3.8, 4) is 6.07 Å². The molecule has 1 rings (SSSR count). The minimum Gasteiger partial charge on any atom is -0.308 e. The maximum atomic E-state index is 9.13. The van der Waals surface area contributed by atoms with Gasteiger partial charge in [0.15, 0.2) is 0 Å². The maximum Gasteiger partial charge on any atom is 0.0674 e. The van der Waals surface area contributed by atoms with E-state index in [0.29, 0.717) is 0 Å². The monoisotopic (exact) mass is 209 g/mol. The van der Waals surface area contributed by atoms with Crippen molar-refractivity contribution >= 4 is 0 Å². The zero-order chi connectivity index (χ0) is 11.5. The molecule has 15 heavy (non-hydrogen) atoms. The van der Waals surface area contributed by atoms with Gasteiger partial charge in [-0.1, -0.05) is 13.8 Å². The molecule has 1 fully saturated rings. The average molecular weight is 209 g/mol. The van der Waals surface area contributed by atoms with E-state index in [1.165, 1.54) is 0 Å². The highest BCUT2D eigenvalue weighted by molar-refractivity contribution is 4.98. The summed E-state index contributed by atoms with van der Waals surface area (Å²) in [7, 11) is 4.19. The number of nitriles is 1. The molecule has 1 heterocycles. The van der Waals surface area contributed by atoms with E-state index >= 15 is 0 Å². The minimum atomic E-state index is 0.188. The molecule has 1 unspecified atom stereocenters. The van der Waals surface area contributed by atoms with Crippen LogP contribution < -0.4 is 0 Å². The lowest BCUT2D eigenvalue weighted by atomic mass is 9.74. The molecule has 0 aromatic heterocycles. The van der Waals surface area contributed by atoms with Gasteiger partial charge in [0, 0.05) is 19.6 Å². The quantitative estimate of drug-likeness (QED) is 0.704. The zero-order valence-electron chi connectivity index (χ0n) is 10.5. The van der Waals surface area contributed by atoms with Gasteiger partial charge in [-0.25, -0.2) is 0 Å². The molecular weight excluding hydrogens is 186 g/mol. The first-order valence-electron chi connectivity index (χ1n) is 5.72. The van der Waals surface area contributed by atoms with Gasteiger partial charge in [-0.3, -0.25) is 0 Å². The van der Waals surface area contributed by atoms with E-state index in [4.69, 9.17) is 5.26 Å². The summed E-state index contributed by atoms with van der Waals surface area (Å²) in [4.78, 5) is 4.61. The van der Waals surface area contributed by atoms with Crippen molar-refractivity contribution in [3.63, 3.8) is 0 Å². The Labute approximate surface area is 93.7 Å². The molecule has 0 amide bonds. The lowest BCUT2D eigenvalue weighted by Gasteiger charge is -2.40. The zero-order valence-corrected chi connectivity index (χ0v) is 10.5. The van der Waals surface area contributed by atoms with Gasteiger partial charge >= 0.3 is 0 Å². The lowest BCUT2D eigenvalue weighted by molar-refractivity contribution is 0.0862. The van der Waals surface area contributed by atoms with E-state index in [9.17, 15) is 0 Å². The second-order valence-corrected chi connectivity index (χ2v) is 5.52. The Bertz CT molecular complexity index is 238. The highest BCUT2D eigenvalue weighted by atomic mass is 15.2. The van der Waals surface area contributed by atoms with Gasteiger partial charge in [-0.15, -0.1) is 0 Å². The standard InChI is InChI=1S/C12H23N3/c1-12(2)5-6-15(8-7-14(3)4)10-11(12)9-13/h11H,5-8,10H2,1-4H3. The lowest BCUT2D eigenvalue weighted by Crippen LogP contribution is -2.46. The molecule has 86 valence electrons. The summed E-state index contributed by atoms with van der Waals surface area (Å²) in [6.45, 7) is 8.67. The molecule has 1 atom stereocenters. The molecule has 1 aliphatic rings. The fourth-order valence-corrected chi connectivity index (χ4v) is 1.98. The van der Waals surface area contributed by atoms with Gasteiger partial charge in [-0.2, -0.15) is 5.26 Å². The predicted molar refractivity (Wildman–Crippen MR) is 62.5 cm³/mol. The van der Waals surface area contributed by atoms with Crippen LogP contribution in [0, 0.1) is 22.7 Å². The van der Waals surface area contributed by atoms with E-state index in [0.717, 1.165) is 32.6 Å². The van der Waals surface area contributed by atoms with E-state index in [1.807, 2.05) is 0 Å². The number of rotatable bonds is 3.